The maximum absolute atomic E-state index is 5.70. The van der Waals surface area contributed by atoms with Crippen LogP contribution in [0.1, 0.15) is 19.8 Å². The Hall–Kier alpha value is -1.82. The van der Waals surface area contributed by atoms with Crippen LogP contribution in [0.25, 0.3) is 11.5 Å². The zero-order valence-electron chi connectivity index (χ0n) is 11.4. The van der Waals surface area contributed by atoms with Gasteiger partial charge in [-0.2, -0.15) is 4.99 Å². The van der Waals surface area contributed by atoms with Crippen molar-refractivity contribution in [2.24, 2.45) is 4.99 Å². The highest BCUT2D eigenvalue weighted by molar-refractivity contribution is 8.13. The third kappa shape index (κ3) is 3.19. The summed E-state index contributed by atoms with van der Waals surface area (Å²) in [5.41, 5.74) is 0.865. The van der Waals surface area contributed by atoms with Gasteiger partial charge in [-0.3, -0.25) is 0 Å². The SMILES string of the molecule is CSC(C)=Nc1nnc(-c2ccc(OC3CC3)cc2)o1. The summed E-state index contributed by atoms with van der Waals surface area (Å²) in [6.07, 6.45) is 4.66. The van der Waals surface area contributed by atoms with Crippen LogP contribution in [0.15, 0.2) is 33.7 Å². The van der Waals surface area contributed by atoms with E-state index in [0.29, 0.717) is 12.0 Å². The maximum atomic E-state index is 5.70. The van der Waals surface area contributed by atoms with Gasteiger partial charge in [0.05, 0.1) is 11.1 Å². The number of rotatable bonds is 4. The zero-order valence-corrected chi connectivity index (χ0v) is 12.2. The fraction of sp³-hybridized carbons (Fsp3) is 0.357. The van der Waals surface area contributed by atoms with E-state index in [-0.39, 0.29) is 6.01 Å². The molecule has 104 valence electrons. The summed E-state index contributed by atoms with van der Waals surface area (Å²) in [5.74, 6) is 1.35. The topological polar surface area (TPSA) is 60.5 Å². The van der Waals surface area contributed by atoms with Crippen LogP contribution >= 0.6 is 11.8 Å². The molecule has 3 rings (SSSR count). The van der Waals surface area contributed by atoms with Crippen LogP contribution in [0.2, 0.25) is 0 Å². The Morgan fingerprint density at radius 3 is 2.70 bits per heavy atom. The first-order chi connectivity index (χ1) is 9.74. The lowest BCUT2D eigenvalue weighted by molar-refractivity contribution is 0.303. The molecule has 20 heavy (non-hydrogen) atoms. The summed E-state index contributed by atoms with van der Waals surface area (Å²) in [6, 6.07) is 7.97. The van der Waals surface area contributed by atoms with Crippen LogP contribution in [-0.2, 0) is 0 Å². The van der Waals surface area contributed by atoms with Gasteiger partial charge in [-0.25, -0.2) is 0 Å². The van der Waals surface area contributed by atoms with Crippen LogP contribution in [0, 0.1) is 0 Å². The number of aliphatic imine (C=N–C) groups is 1. The Labute approximate surface area is 121 Å². The third-order valence-corrected chi connectivity index (χ3v) is 3.57. The second-order valence-corrected chi connectivity index (χ2v) is 5.57. The largest absolute Gasteiger partial charge is 0.490 e. The van der Waals surface area contributed by atoms with E-state index >= 15 is 0 Å². The lowest BCUT2D eigenvalue weighted by Crippen LogP contribution is -1.95. The Morgan fingerprint density at radius 2 is 2.05 bits per heavy atom. The highest BCUT2D eigenvalue weighted by Crippen LogP contribution is 2.29. The maximum Gasteiger partial charge on any atom is 0.343 e. The standard InChI is InChI=1S/C14H15N3O2S/c1-9(20-2)15-14-17-16-13(19-14)10-3-5-11(6-4-10)18-12-7-8-12/h3-6,12H,7-8H2,1-2H3. The summed E-state index contributed by atoms with van der Waals surface area (Å²) in [5, 5.41) is 8.80. The monoisotopic (exact) mass is 289 g/mol. The van der Waals surface area contributed by atoms with E-state index in [1.165, 1.54) is 0 Å². The van der Waals surface area contributed by atoms with Crippen molar-refractivity contribution in [3.63, 3.8) is 0 Å². The summed E-state index contributed by atoms with van der Waals surface area (Å²) < 4.78 is 11.2. The molecule has 5 nitrogen and oxygen atoms in total. The van der Waals surface area contributed by atoms with Crippen LogP contribution in [0.3, 0.4) is 0 Å². The first-order valence-electron chi connectivity index (χ1n) is 6.44. The van der Waals surface area contributed by atoms with Gasteiger partial charge in [0.25, 0.3) is 0 Å². The molecular weight excluding hydrogens is 274 g/mol. The molecular formula is C14H15N3O2S. The summed E-state index contributed by atoms with van der Waals surface area (Å²) in [4.78, 5) is 4.20. The van der Waals surface area contributed by atoms with Gasteiger partial charge in [0.15, 0.2) is 0 Å². The average molecular weight is 289 g/mol. The van der Waals surface area contributed by atoms with E-state index < -0.39 is 0 Å². The lowest BCUT2D eigenvalue weighted by Gasteiger charge is -2.03. The van der Waals surface area contributed by atoms with Gasteiger partial charge in [-0.05, 0) is 50.3 Å². The number of aromatic nitrogens is 2. The number of thioether (sulfide) groups is 1. The van der Waals surface area contributed by atoms with Crippen molar-refractivity contribution in [2.75, 3.05) is 6.26 Å². The van der Waals surface area contributed by atoms with E-state index in [0.717, 1.165) is 29.2 Å². The van der Waals surface area contributed by atoms with Crippen molar-refractivity contribution in [3.05, 3.63) is 24.3 Å². The average Bonchev–Trinajstić information content (AvgIpc) is 3.16. The third-order valence-electron chi connectivity index (χ3n) is 2.89. The van der Waals surface area contributed by atoms with Gasteiger partial charge < -0.3 is 9.15 Å². The molecule has 1 aromatic heterocycles. The molecule has 1 aliphatic rings. The number of nitrogens with zero attached hydrogens (tertiary/aromatic N) is 3. The van der Waals surface area contributed by atoms with Crippen LogP contribution in [0.5, 0.6) is 5.75 Å². The smallest absolute Gasteiger partial charge is 0.343 e. The van der Waals surface area contributed by atoms with Gasteiger partial charge >= 0.3 is 6.01 Å². The van der Waals surface area contributed by atoms with Crippen LogP contribution < -0.4 is 4.74 Å². The van der Waals surface area contributed by atoms with Gasteiger partial charge in [0.2, 0.25) is 5.89 Å². The molecule has 0 N–H and O–H groups in total. The first kappa shape index (κ1) is 13.2. The fourth-order valence-electron chi connectivity index (χ4n) is 1.61. The molecule has 2 aromatic rings. The summed E-state index contributed by atoms with van der Waals surface area (Å²) in [7, 11) is 0. The van der Waals surface area contributed by atoms with E-state index in [1.807, 2.05) is 37.4 Å². The molecule has 0 saturated heterocycles. The molecule has 1 heterocycles. The normalized spacial score (nSPS) is 15.4. The summed E-state index contributed by atoms with van der Waals surface area (Å²) >= 11 is 1.54. The Balaban J connectivity index is 1.75. The van der Waals surface area contributed by atoms with Gasteiger partial charge in [0, 0.05) is 5.56 Å². The van der Waals surface area contributed by atoms with Gasteiger partial charge in [-0.1, -0.05) is 5.10 Å². The van der Waals surface area contributed by atoms with Crippen molar-refractivity contribution in [2.45, 2.75) is 25.9 Å². The number of hydrogen-bond acceptors (Lipinski definition) is 6. The van der Waals surface area contributed by atoms with Crippen LogP contribution in [0.4, 0.5) is 6.01 Å². The highest BCUT2D eigenvalue weighted by Gasteiger charge is 2.23. The van der Waals surface area contributed by atoms with Crippen molar-refractivity contribution >= 4 is 22.8 Å². The molecule has 6 heteroatoms. The number of ether oxygens (including phenoxy) is 1. The van der Waals surface area contributed by atoms with Crippen molar-refractivity contribution in [3.8, 4) is 17.2 Å². The van der Waals surface area contributed by atoms with Crippen molar-refractivity contribution in [1.82, 2.24) is 10.2 Å². The quantitative estimate of drug-likeness (QED) is 0.634. The molecule has 1 fully saturated rings. The number of hydrogen-bond donors (Lipinski definition) is 0. The lowest BCUT2D eigenvalue weighted by atomic mass is 10.2. The molecule has 1 saturated carbocycles. The first-order valence-corrected chi connectivity index (χ1v) is 7.67. The molecule has 0 radical (unpaired) electrons. The van der Waals surface area contributed by atoms with E-state index in [1.54, 1.807) is 11.8 Å². The summed E-state index contributed by atoms with van der Waals surface area (Å²) in [6.45, 7) is 1.90. The van der Waals surface area contributed by atoms with Crippen LogP contribution in [-0.4, -0.2) is 27.6 Å². The van der Waals surface area contributed by atoms with Crippen molar-refractivity contribution in [1.29, 1.82) is 0 Å². The van der Waals surface area contributed by atoms with Gasteiger partial charge in [-0.15, -0.1) is 16.9 Å². The zero-order chi connectivity index (χ0) is 13.9. The minimum Gasteiger partial charge on any atom is -0.490 e. The Bertz CT molecular complexity index is 618. The predicted molar refractivity (Wildman–Crippen MR) is 79.7 cm³/mol. The molecule has 0 bridgehead atoms. The molecule has 0 amide bonds. The molecule has 0 aliphatic heterocycles. The van der Waals surface area contributed by atoms with E-state index in [4.69, 9.17) is 9.15 Å². The molecule has 0 spiro atoms. The second-order valence-electron chi connectivity index (χ2n) is 4.57. The second kappa shape index (κ2) is 5.66. The Morgan fingerprint density at radius 1 is 1.30 bits per heavy atom. The molecule has 1 aromatic carbocycles. The van der Waals surface area contributed by atoms with E-state index in [9.17, 15) is 0 Å². The van der Waals surface area contributed by atoms with Crippen molar-refractivity contribution < 1.29 is 9.15 Å². The molecule has 0 atom stereocenters. The minimum atomic E-state index is 0.283. The minimum absolute atomic E-state index is 0.283. The van der Waals surface area contributed by atoms with E-state index in [2.05, 4.69) is 15.2 Å². The predicted octanol–water partition coefficient (Wildman–Crippen LogP) is 3.69. The Kier molecular flexibility index (Phi) is 3.73. The highest BCUT2D eigenvalue weighted by atomic mass is 32.2. The molecule has 0 unspecified atom stereocenters. The van der Waals surface area contributed by atoms with Gasteiger partial charge in [0.1, 0.15) is 5.75 Å². The fourth-order valence-corrected chi connectivity index (χ4v) is 1.78. The number of benzene rings is 1. The molecule has 1 aliphatic carbocycles.